The molecule has 0 atom stereocenters. The molecule has 0 aliphatic heterocycles. The molecule has 0 spiro atoms. The number of para-hydroxylation sites is 1. The third kappa shape index (κ3) is 7.54. The molecule has 2 nitrogen and oxygen atoms in total. The van der Waals surface area contributed by atoms with E-state index in [2.05, 4.69) is 35.6 Å². The second-order valence-electron chi connectivity index (χ2n) is 5.71. The van der Waals surface area contributed by atoms with Gasteiger partial charge in [-0.1, -0.05) is 51.3 Å². The van der Waals surface area contributed by atoms with Gasteiger partial charge < -0.3 is 5.32 Å². The molecule has 0 saturated heterocycles. The van der Waals surface area contributed by atoms with Crippen LogP contribution in [0.15, 0.2) is 30.3 Å². The van der Waals surface area contributed by atoms with Gasteiger partial charge in [0.1, 0.15) is 0 Å². The molecule has 0 bridgehead atoms. The van der Waals surface area contributed by atoms with E-state index in [9.17, 15) is 4.79 Å². The van der Waals surface area contributed by atoms with Gasteiger partial charge in [-0.05, 0) is 42.5 Å². The van der Waals surface area contributed by atoms with Crippen LogP contribution in [0.1, 0.15) is 46.0 Å². The summed E-state index contributed by atoms with van der Waals surface area (Å²) in [5, 5.41) is 3.25. The number of hydrogen-bond acceptors (Lipinski definition) is 2. The van der Waals surface area contributed by atoms with Crippen LogP contribution >= 0.6 is 11.6 Å². The zero-order chi connectivity index (χ0) is 14.8. The molecule has 3 heteroatoms. The van der Waals surface area contributed by atoms with Gasteiger partial charge >= 0.3 is 0 Å². The van der Waals surface area contributed by atoms with Gasteiger partial charge in [-0.3, -0.25) is 4.79 Å². The number of carbonyl (C=O) groups excluding carboxylic acids is 1. The third-order valence-electron chi connectivity index (χ3n) is 3.55. The van der Waals surface area contributed by atoms with E-state index in [1.165, 1.54) is 37.8 Å². The minimum Gasteiger partial charge on any atom is -0.385 e. The summed E-state index contributed by atoms with van der Waals surface area (Å²) in [5.41, 5.74) is 1.26. The molecule has 0 amide bonds. The van der Waals surface area contributed by atoms with E-state index in [0.717, 1.165) is 12.5 Å². The quantitative estimate of drug-likeness (QED) is 0.784. The Bertz CT molecular complexity index is 372. The molecule has 1 saturated carbocycles. The van der Waals surface area contributed by atoms with Gasteiger partial charge in [-0.15, -0.1) is 0 Å². The number of benzene rings is 1. The standard InChI is InChI=1S/C13H19N.C4H7ClO/c1-3-7-12(8-4-1)11-14-13-9-5-2-6-10-13;1-3(2)4(5)6/h2,5-6,9-10,12,14H,1,3-4,7-8,11H2;3H,1-2H3. The van der Waals surface area contributed by atoms with Crippen LogP contribution in [0.25, 0.3) is 0 Å². The molecule has 0 heterocycles. The Morgan fingerprint density at radius 1 is 1.20 bits per heavy atom. The lowest BCUT2D eigenvalue weighted by atomic mass is 9.89. The van der Waals surface area contributed by atoms with Crippen LogP contribution in [-0.2, 0) is 4.79 Å². The highest BCUT2D eigenvalue weighted by Crippen LogP contribution is 2.23. The Hall–Kier alpha value is -1.02. The Morgan fingerprint density at radius 2 is 1.75 bits per heavy atom. The summed E-state index contributed by atoms with van der Waals surface area (Å²) < 4.78 is 0. The van der Waals surface area contributed by atoms with E-state index in [-0.39, 0.29) is 11.2 Å². The molecule has 0 radical (unpaired) electrons. The van der Waals surface area contributed by atoms with Gasteiger partial charge in [0.05, 0.1) is 0 Å². The lowest BCUT2D eigenvalue weighted by molar-refractivity contribution is -0.114. The Morgan fingerprint density at radius 3 is 2.25 bits per heavy atom. The summed E-state index contributed by atoms with van der Waals surface area (Å²) in [6.45, 7) is 4.68. The highest BCUT2D eigenvalue weighted by atomic mass is 35.5. The molecule has 1 aliphatic carbocycles. The SMILES string of the molecule is CC(C)C(=O)Cl.c1ccc(NCC2CCCCC2)cc1. The van der Waals surface area contributed by atoms with E-state index < -0.39 is 0 Å². The molecular weight excluding hydrogens is 270 g/mol. The van der Waals surface area contributed by atoms with E-state index in [1.54, 1.807) is 13.8 Å². The summed E-state index contributed by atoms with van der Waals surface area (Å²) in [7, 11) is 0. The van der Waals surface area contributed by atoms with Crippen LogP contribution in [0.2, 0.25) is 0 Å². The lowest BCUT2D eigenvalue weighted by Gasteiger charge is -2.22. The molecule has 1 N–H and O–H groups in total. The maximum absolute atomic E-state index is 9.91. The lowest BCUT2D eigenvalue weighted by Crippen LogP contribution is -2.16. The summed E-state index contributed by atoms with van der Waals surface area (Å²) in [5.74, 6) is 0.885. The number of hydrogen-bond donors (Lipinski definition) is 1. The molecule has 1 fully saturated rings. The van der Waals surface area contributed by atoms with E-state index in [1.807, 2.05) is 0 Å². The van der Waals surface area contributed by atoms with Gasteiger partial charge in [-0.2, -0.15) is 0 Å². The fraction of sp³-hybridized carbons (Fsp3) is 0.588. The fourth-order valence-electron chi connectivity index (χ4n) is 2.21. The largest absolute Gasteiger partial charge is 0.385 e. The maximum Gasteiger partial charge on any atom is 0.224 e. The maximum atomic E-state index is 9.91. The minimum atomic E-state index is -0.269. The summed E-state index contributed by atoms with van der Waals surface area (Å²) in [4.78, 5) is 9.91. The average Bonchev–Trinajstić information content (AvgIpc) is 2.48. The molecule has 20 heavy (non-hydrogen) atoms. The van der Waals surface area contributed by atoms with Crippen molar-refractivity contribution in [2.75, 3.05) is 11.9 Å². The molecular formula is C17H26ClNO. The molecule has 2 rings (SSSR count). The first-order valence-corrected chi connectivity index (χ1v) is 7.95. The smallest absolute Gasteiger partial charge is 0.224 e. The van der Waals surface area contributed by atoms with Crippen molar-refractivity contribution in [2.24, 2.45) is 11.8 Å². The number of nitrogens with one attached hydrogen (secondary N) is 1. The average molecular weight is 296 g/mol. The highest BCUT2D eigenvalue weighted by Gasteiger charge is 2.12. The predicted molar refractivity (Wildman–Crippen MR) is 87.2 cm³/mol. The zero-order valence-electron chi connectivity index (χ0n) is 12.6. The molecule has 0 aromatic heterocycles. The van der Waals surface area contributed by atoms with Crippen LogP contribution in [0.3, 0.4) is 0 Å². The minimum absolute atomic E-state index is 0.0216. The van der Waals surface area contributed by atoms with Gasteiger partial charge in [0.15, 0.2) is 0 Å². The van der Waals surface area contributed by atoms with Crippen molar-refractivity contribution < 1.29 is 4.79 Å². The number of halogens is 1. The normalized spacial score (nSPS) is 15.4. The number of anilines is 1. The molecule has 0 unspecified atom stereocenters. The van der Waals surface area contributed by atoms with Crippen LogP contribution in [-0.4, -0.2) is 11.8 Å². The van der Waals surface area contributed by atoms with Crippen molar-refractivity contribution in [3.8, 4) is 0 Å². The monoisotopic (exact) mass is 295 g/mol. The first-order chi connectivity index (χ1) is 9.59. The highest BCUT2D eigenvalue weighted by molar-refractivity contribution is 6.63. The van der Waals surface area contributed by atoms with Crippen molar-refractivity contribution in [1.29, 1.82) is 0 Å². The predicted octanol–water partition coefficient (Wildman–Crippen LogP) is 5.09. The molecule has 1 aromatic carbocycles. The van der Waals surface area contributed by atoms with E-state index in [4.69, 9.17) is 11.6 Å². The fourth-order valence-corrected chi connectivity index (χ4v) is 2.21. The first kappa shape index (κ1) is 17.0. The van der Waals surface area contributed by atoms with Crippen LogP contribution < -0.4 is 5.32 Å². The molecule has 1 aromatic rings. The van der Waals surface area contributed by atoms with Gasteiger partial charge in [0, 0.05) is 18.2 Å². The summed E-state index contributed by atoms with van der Waals surface area (Å²) >= 11 is 4.97. The second kappa shape index (κ2) is 9.82. The van der Waals surface area contributed by atoms with Crippen LogP contribution in [0, 0.1) is 11.8 Å². The third-order valence-corrected chi connectivity index (χ3v) is 3.98. The number of rotatable bonds is 4. The topological polar surface area (TPSA) is 29.1 Å². The van der Waals surface area contributed by atoms with E-state index in [0.29, 0.717) is 0 Å². The van der Waals surface area contributed by atoms with E-state index >= 15 is 0 Å². The van der Waals surface area contributed by atoms with Gasteiger partial charge in [0.2, 0.25) is 5.24 Å². The molecule has 112 valence electrons. The Balaban J connectivity index is 0.000000286. The Kier molecular flexibility index (Phi) is 8.36. The van der Waals surface area contributed by atoms with Crippen LogP contribution in [0.5, 0.6) is 0 Å². The van der Waals surface area contributed by atoms with Crippen molar-refractivity contribution in [2.45, 2.75) is 46.0 Å². The second-order valence-corrected chi connectivity index (χ2v) is 6.08. The van der Waals surface area contributed by atoms with Crippen LogP contribution in [0.4, 0.5) is 5.69 Å². The van der Waals surface area contributed by atoms with Gasteiger partial charge in [-0.25, -0.2) is 0 Å². The van der Waals surface area contributed by atoms with Crippen molar-refractivity contribution in [3.63, 3.8) is 0 Å². The van der Waals surface area contributed by atoms with Crippen molar-refractivity contribution >= 4 is 22.5 Å². The first-order valence-electron chi connectivity index (χ1n) is 7.58. The zero-order valence-corrected chi connectivity index (χ0v) is 13.3. The molecule has 1 aliphatic rings. The summed E-state index contributed by atoms with van der Waals surface area (Å²) in [6, 6.07) is 10.5. The number of carbonyl (C=O) groups is 1. The Labute approximate surface area is 127 Å². The van der Waals surface area contributed by atoms with Crippen molar-refractivity contribution in [1.82, 2.24) is 0 Å². The van der Waals surface area contributed by atoms with Gasteiger partial charge in [0.25, 0.3) is 0 Å². The van der Waals surface area contributed by atoms with Crippen molar-refractivity contribution in [3.05, 3.63) is 30.3 Å². The summed E-state index contributed by atoms with van der Waals surface area (Å²) in [6.07, 6.45) is 7.14.